The van der Waals surface area contributed by atoms with E-state index in [1.165, 1.54) is 6.20 Å². The first kappa shape index (κ1) is 16.3. The minimum atomic E-state index is -0.779. The molecule has 0 radical (unpaired) electrons. The number of hydrogen-bond donors (Lipinski definition) is 0. The van der Waals surface area contributed by atoms with E-state index in [-0.39, 0.29) is 10.6 Å². The van der Waals surface area contributed by atoms with Gasteiger partial charge in [-0.3, -0.25) is 9.97 Å². The first-order valence-electron chi connectivity index (χ1n) is 7.21. The molecule has 3 rings (SSSR count). The normalized spacial score (nSPS) is 12.0. The van der Waals surface area contributed by atoms with Crippen molar-refractivity contribution < 1.29 is 13.5 Å². The fourth-order valence-electron chi connectivity index (χ4n) is 2.35. The van der Waals surface area contributed by atoms with Crippen LogP contribution in [0.15, 0.2) is 55.1 Å². The van der Waals surface area contributed by atoms with E-state index >= 15 is 0 Å². The quantitative estimate of drug-likeness (QED) is 0.608. The molecule has 122 valence electrons. The summed E-state index contributed by atoms with van der Waals surface area (Å²) in [5.41, 5.74) is 1.65. The molecule has 1 aromatic carbocycles. The number of rotatable bonds is 4. The summed E-state index contributed by atoms with van der Waals surface area (Å²) in [5, 5.41) is -0.279. The number of ether oxygens (including phenoxy) is 1. The van der Waals surface area contributed by atoms with Crippen molar-refractivity contribution in [3.8, 4) is 16.9 Å². The molecular weight excluding hydrogens is 334 g/mol. The molecule has 0 N–H and O–H groups in total. The predicted octanol–water partition coefficient (Wildman–Crippen LogP) is 5.22. The van der Waals surface area contributed by atoms with Gasteiger partial charge in [-0.2, -0.15) is 0 Å². The maximum Gasteiger partial charge on any atom is 0.142 e. The van der Waals surface area contributed by atoms with Crippen molar-refractivity contribution in [2.75, 3.05) is 0 Å². The molecule has 6 heteroatoms. The van der Waals surface area contributed by atoms with Gasteiger partial charge in [-0.1, -0.05) is 17.7 Å². The molecular formula is C18H13ClF2N2O. The number of benzene rings is 1. The Bertz CT molecular complexity index is 859. The molecule has 0 saturated heterocycles. The van der Waals surface area contributed by atoms with Crippen molar-refractivity contribution in [2.24, 2.45) is 0 Å². The van der Waals surface area contributed by atoms with E-state index in [1.807, 2.05) is 12.1 Å². The van der Waals surface area contributed by atoms with Gasteiger partial charge in [0.2, 0.25) is 0 Å². The molecule has 0 fully saturated rings. The zero-order valence-electron chi connectivity index (χ0n) is 12.7. The van der Waals surface area contributed by atoms with Crippen LogP contribution >= 0.6 is 11.6 Å². The lowest BCUT2D eigenvalue weighted by atomic mass is 10.1. The maximum absolute atomic E-state index is 14.0. The summed E-state index contributed by atoms with van der Waals surface area (Å²) in [7, 11) is 0. The monoisotopic (exact) mass is 346 g/mol. The molecule has 0 aliphatic heterocycles. The molecule has 0 amide bonds. The SMILES string of the molecule is CC(Oc1cncc(-c2cccnc2)c1)c1c(F)ccc(F)c1Cl. The molecule has 24 heavy (non-hydrogen) atoms. The molecule has 1 unspecified atom stereocenters. The third-order valence-corrected chi connectivity index (χ3v) is 3.89. The molecule has 0 spiro atoms. The fourth-order valence-corrected chi connectivity index (χ4v) is 2.66. The van der Waals surface area contributed by atoms with E-state index in [2.05, 4.69) is 9.97 Å². The highest BCUT2D eigenvalue weighted by Gasteiger charge is 2.20. The molecule has 0 aliphatic rings. The van der Waals surface area contributed by atoms with Crippen LogP contribution < -0.4 is 4.74 Å². The Morgan fingerprint density at radius 1 is 1.00 bits per heavy atom. The Hall–Kier alpha value is -2.53. The largest absolute Gasteiger partial charge is 0.484 e. The van der Waals surface area contributed by atoms with Crippen molar-refractivity contribution >= 4 is 11.6 Å². The molecule has 2 aromatic heterocycles. The smallest absolute Gasteiger partial charge is 0.142 e. The average molecular weight is 347 g/mol. The van der Waals surface area contributed by atoms with Crippen LogP contribution in [0.2, 0.25) is 5.02 Å². The van der Waals surface area contributed by atoms with E-state index < -0.39 is 17.7 Å². The highest BCUT2D eigenvalue weighted by molar-refractivity contribution is 6.31. The summed E-state index contributed by atoms with van der Waals surface area (Å²) in [5.74, 6) is -0.889. The van der Waals surface area contributed by atoms with Gasteiger partial charge in [-0.25, -0.2) is 8.78 Å². The second-order valence-electron chi connectivity index (χ2n) is 5.17. The second kappa shape index (κ2) is 6.93. The topological polar surface area (TPSA) is 35.0 Å². The summed E-state index contributed by atoms with van der Waals surface area (Å²) >= 11 is 5.87. The molecule has 3 nitrogen and oxygen atoms in total. The zero-order chi connectivity index (χ0) is 17.1. The average Bonchev–Trinajstić information content (AvgIpc) is 2.59. The standard InChI is InChI=1S/C18H13ClF2N2O/c1-11(17-15(20)4-5-16(21)18(17)19)24-14-7-13(9-23-10-14)12-3-2-6-22-8-12/h2-11H,1H3. The van der Waals surface area contributed by atoms with Crippen molar-refractivity contribution in [3.05, 3.63) is 77.3 Å². The number of nitrogens with zero attached hydrogens (tertiary/aromatic N) is 2. The summed E-state index contributed by atoms with van der Waals surface area (Å²) in [6.07, 6.45) is 5.77. The maximum atomic E-state index is 14.0. The van der Waals surface area contributed by atoms with E-state index in [1.54, 1.807) is 31.6 Å². The summed E-state index contributed by atoms with van der Waals surface area (Å²) in [6, 6.07) is 7.47. The Balaban J connectivity index is 1.88. The highest BCUT2D eigenvalue weighted by Crippen LogP contribution is 2.32. The number of halogens is 3. The van der Waals surface area contributed by atoms with Gasteiger partial charge < -0.3 is 4.74 Å². The minimum absolute atomic E-state index is 0.0246. The Morgan fingerprint density at radius 2 is 1.75 bits per heavy atom. The second-order valence-corrected chi connectivity index (χ2v) is 5.55. The van der Waals surface area contributed by atoms with Gasteiger partial charge >= 0.3 is 0 Å². The van der Waals surface area contributed by atoms with Gasteiger partial charge in [-0.05, 0) is 31.2 Å². The van der Waals surface area contributed by atoms with Crippen LogP contribution in [0.1, 0.15) is 18.6 Å². The highest BCUT2D eigenvalue weighted by atomic mass is 35.5. The van der Waals surface area contributed by atoms with E-state index in [0.717, 1.165) is 23.3 Å². The van der Waals surface area contributed by atoms with E-state index in [9.17, 15) is 8.78 Å². The molecule has 0 saturated carbocycles. The fraction of sp³-hybridized carbons (Fsp3) is 0.111. The Labute approximate surface area is 142 Å². The lowest BCUT2D eigenvalue weighted by Crippen LogP contribution is -2.07. The Kier molecular flexibility index (Phi) is 4.71. The molecule has 2 heterocycles. The van der Waals surface area contributed by atoms with Gasteiger partial charge in [-0.15, -0.1) is 0 Å². The Morgan fingerprint density at radius 3 is 2.50 bits per heavy atom. The van der Waals surface area contributed by atoms with Crippen LogP contribution in [0, 0.1) is 11.6 Å². The van der Waals surface area contributed by atoms with Crippen molar-refractivity contribution in [3.63, 3.8) is 0 Å². The van der Waals surface area contributed by atoms with Crippen LogP contribution in [-0.4, -0.2) is 9.97 Å². The van der Waals surface area contributed by atoms with Crippen LogP contribution in [0.25, 0.3) is 11.1 Å². The van der Waals surface area contributed by atoms with Crippen LogP contribution in [0.3, 0.4) is 0 Å². The number of pyridine rings is 2. The van der Waals surface area contributed by atoms with Crippen LogP contribution in [0.4, 0.5) is 8.78 Å². The summed E-state index contributed by atoms with van der Waals surface area (Å²) in [4.78, 5) is 8.17. The number of hydrogen-bond acceptors (Lipinski definition) is 3. The molecule has 3 aromatic rings. The molecule has 1 atom stereocenters. The summed E-state index contributed by atoms with van der Waals surface area (Å²) < 4.78 is 33.2. The van der Waals surface area contributed by atoms with Gasteiger partial charge in [0.1, 0.15) is 23.5 Å². The van der Waals surface area contributed by atoms with Crippen molar-refractivity contribution in [1.82, 2.24) is 9.97 Å². The van der Waals surface area contributed by atoms with Gasteiger partial charge in [0, 0.05) is 35.3 Å². The van der Waals surface area contributed by atoms with E-state index in [0.29, 0.717) is 5.75 Å². The first-order valence-corrected chi connectivity index (χ1v) is 7.59. The van der Waals surface area contributed by atoms with Crippen molar-refractivity contribution in [1.29, 1.82) is 0 Å². The van der Waals surface area contributed by atoms with Gasteiger partial charge in [0.25, 0.3) is 0 Å². The predicted molar refractivity (Wildman–Crippen MR) is 87.9 cm³/mol. The molecule has 0 bridgehead atoms. The molecule has 0 aliphatic carbocycles. The lowest BCUT2D eigenvalue weighted by molar-refractivity contribution is 0.220. The van der Waals surface area contributed by atoms with E-state index in [4.69, 9.17) is 16.3 Å². The van der Waals surface area contributed by atoms with Gasteiger partial charge in [0.15, 0.2) is 0 Å². The van der Waals surface area contributed by atoms with Crippen LogP contribution in [-0.2, 0) is 0 Å². The first-order chi connectivity index (χ1) is 11.6. The lowest BCUT2D eigenvalue weighted by Gasteiger charge is -2.17. The van der Waals surface area contributed by atoms with Gasteiger partial charge in [0.05, 0.1) is 11.2 Å². The third-order valence-electron chi connectivity index (χ3n) is 3.51. The van der Waals surface area contributed by atoms with Crippen molar-refractivity contribution in [2.45, 2.75) is 13.0 Å². The summed E-state index contributed by atoms with van der Waals surface area (Å²) in [6.45, 7) is 1.60. The zero-order valence-corrected chi connectivity index (χ0v) is 13.5. The minimum Gasteiger partial charge on any atom is -0.484 e. The van der Waals surface area contributed by atoms with Crippen LogP contribution in [0.5, 0.6) is 5.75 Å². The number of aromatic nitrogens is 2. The third kappa shape index (κ3) is 3.36.